The average molecular weight is 304 g/mol. The van der Waals surface area contributed by atoms with Crippen LogP contribution in [0.25, 0.3) is 0 Å². The van der Waals surface area contributed by atoms with Crippen molar-refractivity contribution >= 4 is 11.9 Å². The molecule has 0 aromatic rings. The fourth-order valence-corrected chi connectivity index (χ4v) is 1.64. The molecule has 0 saturated heterocycles. The molecular weight excluding hydrogens is 276 g/mol. The lowest BCUT2D eigenvalue weighted by atomic mass is 10.2. The number of ether oxygens (including phenoxy) is 2. The van der Waals surface area contributed by atoms with Crippen LogP contribution in [-0.4, -0.2) is 47.6 Å². The molecule has 0 aromatic heterocycles. The first-order valence-electron chi connectivity index (χ1n) is 7.66. The molecule has 6 nitrogen and oxygen atoms in total. The number of hydrogen-bond donors (Lipinski definition) is 2. The van der Waals surface area contributed by atoms with Crippen molar-refractivity contribution in [3.63, 3.8) is 0 Å². The van der Waals surface area contributed by atoms with E-state index in [4.69, 9.17) is 9.47 Å². The molecule has 0 radical (unpaired) electrons. The smallest absolute Gasteiger partial charge is 0.317 e. The van der Waals surface area contributed by atoms with Crippen LogP contribution >= 0.6 is 0 Å². The third-order valence-electron chi connectivity index (χ3n) is 2.94. The average Bonchev–Trinajstić information content (AvgIpc) is 2.46. The lowest BCUT2D eigenvalue weighted by molar-refractivity contribution is -0.157. The summed E-state index contributed by atoms with van der Waals surface area (Å²) in [5, 5.41) is 19.0. The molecule has 0 bridgehead atoms. The van der Waals surface area contributed by atoms with Crippen LogP contribution in [0, 0.1) is 0 Å². The van der Waals surface area contributed by atoms with E-state index in [-0.39, 0.29) is 13.2 Å². The van der Waals surface area contributed by atoms with Crippen LogP contribution in [0.15, 0.2) is 0 Å². The molecule has 0 saturated carbocycles. The lowest BCUT2D eigenvalue weighted by Crippen LogP contribution is -2.23. The van der Waals surface area contributed by atoms with Gasteiger partial charge >= 0.3 is 11.9 Å². The van der Waals surface area contributed by atoms with Crippen molar-refractivity contribution in [3.05, 3.63) is 0 Å². The zero-order chi connectivity index (χ0) is 16.1. The van der Waals surface area contributed by atoms with Gasteiger partial charge in [-0.1, -0.05) is 39.5 Å². The molecule has 0 spiro atoms. The van der Waals surface area contributed by atoms with E-state index in [1.165, 1.54) is 0 Å². The Hall–Kier alpha value is -1.14. The van der Waals surface area contributed by atoms with E-state index in [0.29, 0.717) is 12.8 Å². The van der Waals surface area contributed by atoms with Gasteiger partial charge in [0.25, 0.3) is 0 Å². The molecular formula is C15H28O6. The minimum atomic E-state index is -0.724. The first-order chi connectivity index (χ1) is 9.99. The molecule has 0 aliphatic heterocycles. The molecule has 0 aliphatic carbocycles. The lowest BCUT2D eigenvalue weighted by Gasteiger charge is -2.12. The van der Waals surface area contributed by atoms with Crippen molar-refractivity contribution in [2.75, 3.05) is 13.2 Å². The van der Waals surface area contributed by atoms with Gasteiger partial charge in [0.2, 0.25) is 0 Å². The van der Waals surface area contributed by atoms with Crippen molar-refractivity contribution in [3.8, 4) is 0 Å². The summed E-state index contributed by atoms with van der Waals surface area (Å²) in [6.45, 7) is 3.80. The second-order valence-electron chi connectivity index (χ2n) is 5.13. The molecule has 0 amide bonds. The third kappa shape index (κ3) is 12.3. The van der Waals surface area contributed by atoms with Crippen LogP contribution in [0.4, 0.5) is 0 Å². The minimum Gasteiger partial charge on any atom is -0.462 e. The quantitative estimate of drug-likeness (QED) is 0.420. The van der Waals surface area contributed by atoms with Gasteiger partial charge in [0.05, 0.1) is 12.2 Å². The topological polar surface area (TPSA) is 93.1 Å². The predicted octanol–water partition coefficient (Wildman–Crippen LogP) is 1.57. The van der Waals surface area contributed by atoms with Crippen LogP contribution in [0.5, 0.6) is 0 Å². The van der Waals surface area contributed by atoms with Crippen molar-refractivity contribution < 1.29 is 29.3 Å². The monoisotopic (exact) mass is 304 g/mol. The maximum absolute atomic E-state index is 11.4. The summed E-state index contributed by atoms with van der Waals surface area (Å²) in [5.74, 6) is -1.45. The highest BCUT2D eigenvalue weighted by Gasteiger charge is 2.15. The first kappa shape index (κ1) is 19.9. The molecule has 0 rings (SSSR count). The molecule has 0 fully saturated rings. The molecule has 0 aliphatic rings. The number of carbonyl (C=O) groups is 2. The molecule has 2 atom stereocenters. The second kappa shape index (κ2) is 12.6. The number of aliphatic hydroxyl groups excluding tert-OH is 2. The molecule has 21 heavy (non-hydrogen) atoms. The summed E-state index contributed by atoms with van der Waals surface area (Å²) in [5.41, 5.74) is 0. The number of aliphatic hydroxyl groups is 2. The van der Waals surface area contributed by atoms with Gasteiger partial charge in [0, 0.05) is 0 Å². The Labute approximate surface area is 126 Å². The molecule has 0 aromatic carbocycles. The van der Waals surface area contributed by atoms with Gasteiger partial charge in [-0.25, -0.2) is 0 Å². The zero-order valence-electron chi connectivity index (χ0n) is 13.0. The number of carbonyl (C=O) groups excluding carboxylic acids is 2. The standard InChI is InChI=1S/C15H28O6/c1-3-5-7-12(16)10-20-14(18)9-15(19)21-11-13(17)8-6-4-2/h12-13,16-17H,3-11H2,1-2H3. The van der Waals surface area contributed by atoms with E-state index in [0.717, 1.165) is 25.7 Å². The third-order valence-corrected chi connectivity index (χ3v) is 2.94. The van der Waals surface area contributed by atoms with E-state index < -0.39 is 30.6 Å². The molecule has 124 valence electrons. The molecule has 6 heteroatoms. The maximum Gasteiger partial charge on any atom is 0.317 e. The molecule has 2 N–H and O–H groups in total. The largest absolute Gasteiger partial charge is 0.462 e. The zero-order valence-corrected chi connectivity index (χ0v) is 13.0. The Kier molecular flexibility index (Phi) is 11.9. The van der Waals surface area contributed by atoms with E-state index in [1.807, 2.05) is 13.8 Å². The van der Waals surface area contributed by atoms with Gasteiger partial charge < -0.3 is 19.7 Å². The Bertz CT molecular complexity index is 264. The highest BCUT2D eigenvalue weighted by molar-refractivity contribution is 5.91. The van der Waals surface area contributed by atoms with Gasteiger partial charge in [-0.2, -0.15) is 0 Å². The number of hydrogen-bond acceptors (Lipinski definition) is 6. The SMILES string of the molecule is CCCCC(O)COC(=O)CC(=O)OCC(O)CCCC. The highest BCUT2D eigenvalue weighted by Crippen LogP contribution is 2.03. The van der Waals surface area contributed by atoms with E-state index >= 15 is 0 Å². The van der Waals surface area contributed by atoms with E-state index in [2.05, 4.69) is 0 Å². The first-order valence-corrected chi connectivity index (χ1v) is 7.66. The van der Waals surface area contributed by atoms with Gasteiger partial charge in [-0.3, -0.25) is 9.59 Å². The van der Waals surface area contributed by atoms with Crippen molar-refractivity contribution in [1.82, 2.24) is 0 Å². The molecule has 0 heterocycles. The number of unbranched alkanes of at least 4 members (excludes halogenated alkanes) is 2. The maximum atomic E-state index is 11.4. The Morgan fingerprint density at radius 1 is 0.857 bits per heavy atom. The number of rotatable bonds is 12. The fourth-order valence-electron chi connectivity index (χ4n) is 1.64. The fraction of sp³-hybridized carbons (Fsp3) is 0.867. The summed E-state index contributed by atoms with van der Waals surface area (Å²) < 4.78 is 9.58. The Balaban J connectivity index is 3.71. The van der Waals surface area contributed by atoms with Crippen LogP contribution in [0.2, 0.25) is 0 Å². The Morgan fingerprint density at radius 3 is 1.57 bits per heavy atom. The van der Waals surface area contributed by atoms with Crippen LogP contribution in [0.1, 0.15) is 58.8 Å². The Morgan fingerprint density at radius 2 is 1.24 bits per heavy atom. The number of esters is 2. The highest BCUT2D eigenvalue weighted by atomic mass is 16.6. The van der Waals surface area contributed by atoms with Gasteiger partial charge in [-0.05, 0) is 12.8 Å². The van der Waals surface area contributed by atoms with Crippen LogP contribution in [0.3, 0.4) is 0 Å². The van der Waals surface area contributed by atoms with Gasteiger partial charge in [0.15, 0.2) is 0 Å². The summed E-state index contributed by atoms with van der Waals surface area (Å²) in [6, 6.07) is 0. The van der Waals surface area contributed by atoms with Crippen molar-refractivity contribution in [1.29, 1.82) is 0 Å². The van der Waals surface area contributed by atoms with E-state index in [9.17, 15) is 19.8 Å². The van der Waals surface area contributed by atoms with Crippen LogP contribution < -0.4 is 0 Å². The van der Waals surface area contributed by atoms with Crippen molar-refractivity contribution in [2.24, 2.45) is 0 Å². The summed E-state index contributed by atoms with van der Waals surface area (Å²) in [7, 11) is 0. The second-order valence-corrected chi connectivity index (χ2v) is 5.13. The predicted molar refractivity (Wildman–Crippen MR) is 77.6 cm³/mol. The van der Waals surface area contributed by atoms with Crippen LogP contribution in [-0.2, 0) is 19.1 Å². The van der Waals surface area contributed by atoms with Crippen molar-refractivity contribution in [2.45, 2.75) is 71.0 Å². The summed E-state index contributed by atoms with van der Waals surface area (Å²) >= 11 is 0. The van der Waals surface area contributed by atoms with Gasteiger partial charge in [-0.15, -0.1) is 0 Å². The minimum absolute atomic E-state index is 0.106. The summed E-state index contributed by atoms with van der Waals surface area (Å²) in [4.78, 5) is 22.7. The summed E-state index contributed by atoms with van der Waals surface area (Å²) in [6.07, 6.45) is 2.88. The van der Waals surface area contributed by atoms with Gasteiger partial charge in [0.1, 0.15) is 19.6 Å². The molecule has 2 unspecified atom stereocenters. The van der Waals surface area contributed by atoms with E-state index in [1.54, 1.807) is 0 Å². The normalized spacial score (nSPS) is 13.5.